The van der Waals surface area contributed by atoms with E-state index in [0.717, 1.165) is 37.0 Å². The molecule has 0 aromatic heterocycles. The van der Waals surface area contributed by atoms with Crippen LogP contribution in [-0.2, 0) is 10.5 Å². The van der Waals surface area contributed by atoms with E-state index in [9.17, 15) is 9.59 Å². The predicted molar refractivity (Wildman–Crippen MR) is 78.1 cm³/mol. The monoisotopic (exact) mass is 294 g/mol. The maximum absolute atomic E-state index is 10.9. The summed E-state index contributed by atoms with van der Waals surface area (Å²) < 4.78 is 0. The Morgan fingerprint density at radius 2 is 1.85 bits per heavy atom. The lowest BCUT2D eigenvalue weighted by Gasteiger charge is -2.25. The fourth-order valence-electron chi connectivity index (χ4n) is 2.48. The summed E-state index contributed by atoms with van der Waals surface area (Å²) in [7, 11) is 0. The Bertz CT molecular complexity index is 492. The number of thioether (sulfide) groups is 1. The second kappa shape index (κ2) is 6.79. The van der Waals surface area contributed by atoms with Crippen molar-refractivity contribution in [2.45, 2.75) is 36.7 Å². The molecule has 0 aliphatic heterocycles. The van der Waals surface area contributed by atoms with Gasteiger partial charge in [0.2, 0.25) is 0 Å². The summed E-state index contributed by atoms with van der Waals surface area (Å²) >= 11 is 1.80. The molecule has 2 rings (SSSR count). The van der Waals surface area contributed by atoms with Gasteiger partial charge in [0.05, 0.1) is 11.5 Å². The van der Waals surface area contributed by atoms with Crippen LogP contribution in [0.3, 0.4) is 0 Å². The summed E-state index contributed by atoms with van der Waals surface area (Å²) in [6.07, 6.45) is 3.37. The van der Waals surface area contributed by atoms with Crippen molar-refractivity contribution in [3.8, 4) is 0 Å². The Morgan fingerprint density at radius 1 is 1.15 bits per heavy atom. The molecule has 2 N–H and O–H groups in total. The highest BCUT2D eigenvalue weighted by molar-refractivity contribution is 7.99. The van der Waals surface area contributed by atoms with Crippen LogP contribution in [0.15, 0.2) is 24.3 Å². The van der Waals surface area contributed by atoms with Gasteiger partial charge >= 0.3 is 11.9 Å². The highest BCUT2D eigenvalue weighted by Gasteiger charge is 2.25. The van der Waals surface area contributed by atoms with E-state index in [4.69, 9.17) is 10.2 Å². The van der Waals surface area contributed by atoms with Crippen LogP contribution in [-0.4, -0.2) is 27.4 Å². The second-order valence-corrected chi connectivity index (χ2v) is 6.42. The van der Waals surface area contributed by atoms with Gasteiger partial charge in [0.1, 0.15) is 0 Å². The standard InChI is InChI=1S/C15H18O4S/c16-14(17)11-4-6-13(7-5-11)20-9-10-2-1-3-12(8-10)15(18)19/h1-3,8,11,13H,4-7,9H2,(H,16,17)(H,18,19). The number of carboxylic acid groups (broad SMARTS) is 2. The van der Waals surface area contributed by atoms with Crippen molar-refractivity contribution >= 4 is 23.7 Å². The molecule has 0 saturated heterocycles. The van der Waals surface area contributed by atoms with Crippen LogP contribution < -0.4 is 0 Å². The van der Waals surface area contributed by atoms with E-state index in [1.165, 1.54) is 0 Å². The molecular formula is C15H18O4S. The third-order valence-electron chi connectivity index (χ3n) is 3.68. The van der Waals surface area contributed by atoms with E-state index in [2.05, 4.69) is 0 Å². The van der Waals surface area contributed by atoms with Gasteiger partial charge in [-0.1, -0.05) is 12.1 Å². The molecule has 1 aromatic rings. The fraction of sp³-hybridized carbons (Fsp3) is 0.467. The molecule has 108 valence electrons. The lowest BCUT2D eigenvalue weighted by molar-refractivity contribution is -0.142. The van der Waals surface area contributed by atoms with Gasteiger partial charge in [-0.3, -0.25) is 4.79 Å². The number of rotatable bonds is 5. The van der Waals surface area contributed by atoms with Gasteiger partial charge in [-0.2, -0.15) is 11.8 Å². The van der Waals surface area contributed by atoms with Crippen LogP contribution in [0.5, 0.6) is 0 Å². The zero-order chi connectivity index (χ0) is 14.5. The minimum Gasteiger partial charge on any atom is -0.481 e. The number of aliphatic carboxylic acids is 1. The van der Waals surface area contributed by atoms with Crippen LogP contribution in [0.1, 0.15) is 41.6 Å². The number of hydrogen-bond acceptors (Lipinski definition) is 3. The van der Waals surface area contributed by atoms with Crippen LogP contribution in [0.2, 0.25) is 0 Å². The van der Waals surface area contributed by atoms with Gasteiger partial charge in [-0.25, -0.2) is 4.79 Å². The highest BCUT2D eigenvalue weighted by Crippen LogP contribution is 2.33. The summed E-state index contributed by atoms with van der Waals surface area (Å²) in [5.41, 5.74) is 1.33. The average molecular weight is 294 g/mol. The van der Waals surface area contributed by atoms with Crippen molar-refractivity contribution in [1.82, 2.24) is 0 Å². The summed E-state index contributed by atoms with van der Waals surface area (Å²) in [6.45, 7) is 0. The number of carboxylic acids is 2. The summed E-state index contributed by atoms with van der Waals surface area (Å²) in [5.74, 6) is -0.979. The number of aromatic carboxylic acids is 1. The zero-order valence-corrected chi connectivity index (χ0v) is 11.9. The molecule has 1 fully saturated rings. The molecule has 1 saturated carbocycles. The molecule has 1 aliphatic rings. The van der Waals surface area contributed by atoms with Gasteiger partial charge in [-0.15, -0.1) is 0 Å². The first-order valence-electron chi connectivity index (χ1n) is 6.73. The predicted octanol–water partition coefficient (Wildman–Crippen LogP) is 3.26. The first-order valence-corrected chi connectivity index (χ1v) is 7.78. The Morgan fingerprint density at radius 3 is 2.45 bits per heavy atom. The van der Waals surface area contributed by atoms with Crippen molar-refractivity contribution in [3.05, 3.63) is 35.4 Å². The van der Waals surface area contributed by atoms with Gasteiger partial charge < -0.3 is 10.2 Å². The van der Waals surface area contributed by atoms with Crippen molar-refractivity contribution in [3.63, 3.8) is 0 Å². The molecule has 0 heterocycles. The Kier molecular flexibility index (Phi) is 5.06. The Hall–Kier alpha value is -1.49. The summed E-state index contributed by atoms with van der Waals surface area (Å²) in [6, 6.07) is 7.00. The van der Waals surface area contributed by atoms with E-state index in [1.807, 2.05) is 6.07 Å². The van der Waals surface area contributed by atoms with Gasteiger partial charge in [0.15, 0.2) is 0 Å². The molecule has 0 atom stereocenters. The van der Waals surface area contributed by atoms with Crippen molar-refractivity contribution in [1.29, 1.82) is 0 Å². The van der Waals surface area contributed by atoms with Crippen molar-refractivity contribution < 1.29 is 19.8 Å². The second-order valence-electron chi connectivity index (χ2n) is 5.13. The third kappa shape index (κ3) is 4.00. The van der Waals surface area contributed by atoms with Gasteiger partial charge in [-0.05, 0) is 43.4 Å². The first-order chi connectivity index (χ1) is 9.56. The van der Waals surface area contributed by atoms with E-state index in [-0.39, 0.29) is 5.92 Å². The molecule has 20 heavy (non-hydrogen) atoms. The van der Waals surface area contributed by atoms with Crippen LogP contribution in [0.25, 0.3) is 0 Å². The number of carbonyl (C=O) groups is 2. The molecule has 1 aliphatic carbocycles. The van der Waals surface area contributed by atoms with E-state index < -0.39 is 11.9 Å². The van der Waals surface area contributed by atoms with Crippen LogP contribution in [0.4, 0.5) is 0 Å². The lowest BCUT2D eigenvalue weighted by Crippen LogP contribution is -2.22. The molecule has 0 bridgehead atoms. The molecule has 5 heteroatoms. The molecule has 4 nitrogen and oxygen atoms in total. The van der Waals surface area contributed by atoms with E-state index in [1.54, 1.807) is 30.0 Å². The SMILES string of the molecule is O=C(O)c1cccc(CSC2CCC(C(=O)O)CC2)c1. The van der Waals surface area contributed by atoms with Crippen LogP contribution in [0, 0.1) is 5.92 Å². The number of benzene rings is 1. The summed E-state index contributed by atoms with van der Waals surface area (Å²) in [5, 5.41) is 18.4. The normalized spacial score (nSPS) is 22.4. The maximum atomic E-state index is 10.9. The quantitative estimate of drug-likeness (QED) is 0.872. The van der Waals surface area contributed by atoms with Crippen molar-refractivity contribution in [2.24, 2.45) is 5.92 Å². The van der Waals surface area contributed by atoms with Gasteiger partial charge in [0.25, 0.3) is 0 Å². The Balaban J connectivity index is 1.83. The largest absolute Gasteiger partial charge is 0.481 e. The molecule has 0 unspecified atom stereocenters. The molecule has 0 amide bonds. The molecular weight excluding hydrogens is 276 g/mol. The van der Waals surface area contributed by atoms with E-state index in [0.29, 0.717) is 10.8 Å². The molecule has 1 aromatic carbocycles. The zero-order valence-electron chi connectivity index (χ0n) is 11.1. The topological polar surface area (TPSA) is 74.6 Å². The van der Waals surface area contributed by atoms with E-state index >= 15 is 0 Å². The molecule has 0 radical (unpaired) electrons. The van der Waals surface area contributed by atoms with Crippen LogP contribution >= 0.6 is 11.8 Å². The highest BCUT2D eigenvalue weighted by atomic mass is 32.2. The minimum atomic E-state index is -0.904. The smallest absolute Gasteiger partial charge is 0.335 e. The third-order valence-corrected chi connectivity index (χ3v) is 5.13. The fourth-order valence-corrected chi connectivity index (χ4v) is 3.70. The lowest BCUT2D eigenvalue weighted by atomic mass is 9.89. The summed E-state index contributed by atoms with van der Waals surface area (Å²) in [4.78, 5) is 21.8. The average Bonchev–Trinajstić information content (AvgIpc) is 2.46. The number of hydrogen-bond donors (Lipinski definition) is 2. The first kappa shape index (κ1) is 14.9. The minimum absolute atomic E-state index is 0.179. The van der Waals surface area contributed by atoms with Gasteiger partial charge in [0, 0.05) is 11.0 Å². The molecule has 0 spiro atoms. The Labute approximate surface area is 122 Å². The maximum Gasteiger partial charge on any atom is 0.335 e. The van der Waals surface area contributed by atoms with Crippen molar-refractivity contribution in [2.75, 3.05) is 0 Å².